The van der Waals surface area contributed by atoms with E-state index in [-0.39, 0.29) is 5.56 Å². The van der Waals surface area contributed by atoms with E-state index in [0.29, 0.717) is 18.1 Å². The fourth-order valence-corrected chi connectivity index (χ4v) is 2.33. The number of rotatable bonds is 5. The summed E-state index contributed by atoms with van der Waals surface area (Å²) >= 11 is 5.91. The predicted molar refractivity (Wildman–Crippen MR) is 84.2 cm³/mol. The second-order valence-corrected chi connectivity index (χ2v) is 5.02. The van der Waals surface area contributed by atoms with Gasteiger partial charge in [-0.25, -0.2) is 0 Å². The molecule has 2 rings (SSSR count). The monoisotopic (exact) mass is 290 g/mol. The summed E-state index contributed by atoms with van der Waals surface area (Å²) in [4.78, 5) is 12.5. The number of halogens is 1. The maximum atomic E-state index is 12.5. The molecule has 20 heavy (non-hydrogen) atoms. The van der Waals surface area contributed by atoms with E-state index in [9.17, 15) is 4.79 Å². The van der Waals surface area contributed by atoms with Gasteiger partial charge in [0.1, 0.15) is 0 Å². The Morgan fingerprint density at radius 1 is 1.10 bits per heavy atom. The molecule has 4 heteroatoms. The van der Waals surface area contributed by atoms with Gasteiger partial charge in [-0.15, -0.1) is 0 Å². The van der Waals surface area contributed by atoms with Gasteiger partial charge in [0.2, 0.25) is 0 Å². The summed E-state index contributed by atoms with van der Waals surface area (Å²) in [5, 5.41) is 3.89. The first-order valence-corrected chi connectivity index (χ1v) is 7.24. The highest BCUT2D eigenvalue weighted by Gasteiger charge is 2.09. The van der Waals surface area contributed by atoms with Crippen LogP contribution in [-0.2, 0) is 13.1 Å². The quantitative estimate of drug-likeness (QED) is 0.917. The second-order valence-electron chi connectivity index (χ2n) is 4.58. The molecule has 2 aromatic rings. The van der Waals surface area contributed by atoms with Crippen LogP contribution in [0.1, 0.15) is 19.4 Å². The van der Waals surface area contributed by atoms with E-state index in [1.165, 1.54) is 0 Å². The van der Waals surface area contributed by atoms with E-state index in [0.717, 1.165) is 23.4 Å². The Morgan fingerprint density at radius 2 is 1.80 bits per heavy atom. The van der Waals surface area contributed by atoms with Gasteiger partial charge in [-0.05, 0) is 37.2 Å². The second kappa shape index (κ2) is 6.73. The van der Waals surface area contributed by atoms with E-state index in [4.69, 9.17) is 11.6 Å². The van der Waals surface area contributed by atoms with Gasteiger partial charge in [-0.1, -0.05) is 36.7 Å². The highest BCUT2D eigenvalue weighted by molar-refractivity contribution is 6.30. The van der Waals surface area contributed by atoms with Crippen LogP contribution in [0, 0.1) is 0 Å². The van der Waals surface area contributed by atoms with Crippen molar-refractivity contribution in [1.82, 2.24) is 9.88 Å². The van der Waals surface area contributed by atoms with Gasteiger partial charge >= 0.3 is 0 Å². The van der Waals surface area contributed by atoms with Gasteiger partial charge in [0.15, 0.2) is 0 Å². The molecule has 0 unspecified atom stereocenters. The van der Waals surface area contributed by atoms with Crippen LogP contribution in [0.15, 0.2) is 41.2 Å². The molecule has 0 saturated heterocycles. The molecular weight excluding hydrogens is 272 g/mol. The van der Waals surface area contributed by atoms with Gasteiger partial charge in [-0.2, -0.15) is 0 Å². The Balaban J connectivity index is 2.47. The maximum absolute atomic E-state index is 12.5. The van der Waals surface area contributed by atoms with Gasteiger partial charge in [-0.3, -0.25) is 4.79 Å². The highest BCUT2D eigenvalue weighted by Crippen LogP contribution is 2.20. The Bertz CT molecular complexity index is 632. The largest absolute Gasteiger partial charge is 0.313 e. The lowest BCUT2D eigenvalue weighted by molar-refractivity contribution is 0.682. The molecule has 0 radical (unpaired) electrons. The molecule has 0 fully saturated rings. The van der Waals surface area contributed by atoms with Crippen LogP contribution in [0.25, 0.3) is 11.3 Å². The van der Waals surface area contributed by atoms with Crippen molar-refractivity contribution >= 4 is 11.6 Å². The van der Waals surface area contributed by atoms with E-state index in [1.807, 2.05) is 50.2 Å². The molecule has 1 heterocycles. The normalized spacial score (nSPS) is 10.8. The summed E-state index contributed by atoms with van der Waals surface area (Å²) in [5.41, 5.74) is 2.80. The molecule has 1 N–H and O–H groups in total. The van der Waals surface area contributed by atoms with Crippen LogP contribution in [-0.4, -0.2) is 11.1 Å². The van der Waals surface area contributed by atoms with E-state index in [2.05, 4.69) is 5.32 Å². The highest BCUT2D eigenvalue weighted by atomic mass is 35.5. The van der Waals surface area contributed by atoms with Gasteiger partial charge in [0.05, 0.1) is 5.69 Å². The van der Waals surface area contributed by atoms with Gasteiger partial charge in [0.25, 0.3) is 5.56 Å². The third-order valence-corrected chi connectivity index (χ3v) is 3.53. The third kappa shape index (κ3) is 3.11. The van der Waals surface area contributed by atoms with E-state index in [1.54, 1.807) is 4.57 Å². The van der Waals surface area contributed by atoms with Crippen LogP contribution in [0.4, 0.5) is 0 Å². The first kappa shape index (κ1) is 14.8. The van der Waals surface area contributed by atoms with Crippen LogP contribution in [0.3, 0.4) is 0 Å². The number of benzene rings is 1. The summed E-state index contributed by atoms with van der Waals surface area (Å²) in [5.74, 6) is 0. The summed E-state index contributed by atoms with van der Waals surface area (Å²) in [6.45, 7) is 6.12. The summed E-state index contributed by atoms with van der Waals surface area (Å²) in [6, 6.07) is 11.5. The van der Waals surface area contributed by atoms with Crippen molar-refractivity contribution in [2.75, 3.05) is 6.54 Å². The SMILES string of the molecule is CCNCc1ccc(-c2ccc(Cl)cc2)n(CC)c1=O. The number of nitrogens with zero attached hydrogens (tertiary/aromatic N) is 1. The standard InChI is InChI=1S/C16H19ClN2O/c1-3-18-11-13-7-10-15(19(4-2)16(13)20)12-5-8-14(17)9-6-12/h5-10,18H,3-4,11H2,1-2H3. The fourth-order valence-electron chi connectivity index (χ4n) is 2.20. The molecule has 0 saturated carbocycles. The molecule has 0 atom stereocenters. The molecule has 1 aromatic heterocycles. The van der Waals surface area contributed by atoms with Crippen molar-refractivity contribution in [2.45, 2.75) is 26.9 Å². The average molecular weight is 291 g/mol. The van der Waals surface area contributed by atoms with Crippen molar-refractivity contribution in [2.24, 2.45) is 0 Å². The number of hydrogen-bond acceptors (Lipinski definition) is 2. The molecule has 0 aliphatic rings. The minimum atomic E-state index is 0.0703. The molecule has 0 aliphatic carbocycles. The summed E-state index contributed by atoms with van der Waals surface area (Å²) in [7, 11) is 0. The molecular formula is C16H19ClN2O. The van der Waals surface area contributed by atoms with Gasteiger partial charge < -0.3 is 9.88 Å². The lowest BCUT2D eigenvalue weighted by atomic mass is 10.1. The lowest BCUT2D eigenvalue weighted by Crippen LogP contribution is -2.27. The lowest BCUT2D eigenvalue weighted by Gasteiger charge is -2.13. The maximum Gasteiger partial charge on any atom is 0.255 e. The molecule has 0 aliphatic heterocycles. The van der Waals surface area contributed by atoms with E-state index < -0.39 is 0 Å². The topological polar surface area (TPSA) is 34.0 Å². The minimum absolute atomic E-state index is 0.0703. The fraction of sp³-hybridized carbons (Fsp3) is 0.312. The first-order valence-electron chi connectivity index (χ1n) is 6.86. The summed E-state index contributed by atoms with van der Waals surface area (Å²) < 4.78 is 1.80. The van der Waals surface area contributed by atoms with E-state index >= 15 is 0 Å². The molecule has 0 amide bonds. The molecule has 3 nitrogen and oxygen atoms in total. The van der Waals surface area contributed by atoms with Crippen molar-refractivity contribution in [3.63, 3.8) is 0 Å². The zero-order valence-corrected chi connectivity index (χ0v) is 12.6. The smallest absolute Gasteiger partial charge is 0.255 e. The molecule has 0 bridgehead atoms. The summed E-state index contributed by atoms with van der Waals surface area (Å²) in [6.07, 6.45) is 0. The number of pyridine rings is 1. The zero-order valence-electron chi connectivity index (χ0n) is 11.8. The minimum Gasteiger partial charge on any atom is -0.313 e. The molecule has 106 valence electrons. The zero-order chi connectivity index (χ0) is 14.5. The van der Waals surface area contributed by atoms with Crippen LogP contribution < -0.4 is 10.9 Å². The van der Waals surface area contributed by atoms with Crippen LogP contribution in [0.5, 0.6) is 0 Å². The number of aromatic nitrogens is 1. The third-order valence-electron chi connectivity index (χ3n) is 3.27. The number of hydrogen-bond donors (Lipinski definition) is 1. The van der Waals surface area contributed by atoms with Crippen molar-refractivity contribution in [3.05, 3.63) is 57.3 Å². The number of nitrogens with one attached hydrogen (secondary N) is 1. The van der Waals surface area contributed by atoms with Crippen molar-refractivity contribution < 1.29 is 0 Å². The Morgan fingerprint density at radius 3 is 2.40 bits per heavy atom. The Labute approximate surface area is 124 Å². The Hall–Kier alpha value is -1.58. The molecule has 1 aromatic carbocycles. The molecule has 0 spiro atoms. The predicted octanol–water partition coefficient (Wildman–Crippen LogP) is 3.30. The average Bonchev–Trinajstić information content (AvgIpc) is 2.46. The van der Waals surface area contributed by atoms with Crippen LogP contribution in [0.2, 0.25) is 5.02 Å². The first-order chi connectivity index (χ1) is 9.67. The van der Waals surface area contributed by atoms with Crippen LogP contribution >= 0.6 is 11.6 Å². The van der Waals surface area contributed by atoms with Crippen molar-refractivity contribution in [1.29, 1.82) is 0 Å². The van der Waals surface area contributed by atoms with Gasteiger partial charge in [0, 0.05) is 23.7 Å². The van der Waals surface area contributed by atoms with Crippen molar-refractivity contribution in [3.8, 4) is 11.3 Å². The Kier molecular flexibility index (Phi) is 4.99.